The normalized spacial score (nSPS) is 12.2. The van der Waals surface area contributed by atoms with E-state index < -0.39 is 0 Å². The second-order valence-corrected chi connectivity index (χ2v) is 7.06. The van der Waals surface area contributed by atoms with E-state index in [-0.39, 0.29) is 12.2 Å². The van der Waals surface area contributed by atoms with Crippen molar-refractivity contribution in [2.45, 2.75) is 60.7 Å². The van der Waals surface area contributed by atoms with Crippen LogP contribution in [0.2, 0.25) is 0 Å². The van der Waals surface area contributed by atoms with Crippen molar-refractivity contribution in [3.8, 4) is 29.1 Å². The molecule has 0 aliphatic carbocycles. The van der Waals surface area contributed by atoms with Crippen LogP contribution in [0.15, 0.2) is 53.7 Å². The van der Waals surface area contributed by atoms with Crippen molar-refractivity contribution in [1.82, 2.24) is 0 Å². The Morgan fingerprint density at radius 2 is 1.48 bits per heavy atom. The highest BCUT2D eigenvalue weighted by Crippen LogP contribution is 2.29. The Morgan fingerprint density at radius 1 is 0.909 bits per heavy atom. The maximum Gasteiger partial charge on any atom is 0.156 e. The summed E-state index contributed by atoms with van der Waals surface area (Å²) >= 11 is 0. The van der Waals surface area contributed by atoms with E-state index in [1.165, 1.54) is 7.11 Å². The van der Waals surface area contributed by atoms with Crippen molar-refractivity contribution in [1.29, 1.82) is 0 Å². The second kappa shape index (κ2) is 15.4. The van der Waals surface area contributed by atoms with Crippen LogP contribution in [0.4, 0.5) is 0 Å². The fourth-order valence-electron chi connectivity index (χ4n) is 2.84. The third-order valence-corrected chi connectivity index (χ3v) is 4.30. The van der Waals surface area contributed by atoms with Crippen LogP contribution >= 0.6 is 0 Å². The van der Waals surface area contributed by atoms with Crippen LogP contribution in [0.5, 0.6) is 17.2 Å². The van der Waals surface area contributed by atoms with Crippen molar-refractivity contribution in [3.05, 3.63) is 65.2 Å². The Hall–Kier alpha value is -3.39. The Bertz CT molecular complexity index is 929. The second-order valence-electron chi connectivity index (χ2n) is 7.06. The quantitative estimate of drug-likeness (QED) is 0.189. The number of oxime groups is 1. The van der Waals surface area contributed by atoms with Crippen LogP contribution in [0.1, 0.15) is 51.3 Å². The third kappa shape index (κ3) is 10.2. The lowest BCUT2D eigenvalue weighted by atomic mass is 10.1. The molecule has 0 bridgehead atoms. The number of hydrogen-bond acceptors (Lipinski definition) is 5. The molecule has 5 heteroatoms. The molecular weight excluding hydrogens is 414 g/mol. The highest BCUT2D eigenvalue weighted by molar-refractivity contribution is 5.79. The van der Waals surface area contributed by atoms with Crippen molar-refractivity contribution in [2.75, 3.05) is 13.7 Å². The van der Waals surface area contributed by atoms with E-state index in [4.69, 9.17) is 14.2 Å². The van der Waals surface area contributed by atoms with Gasteiger partial charge < -0.3 is 19.0 Å². The molecule has 2 unspecified atom stereocenters. The molecule has 0 heterocycles. The summed E-state index contributed by atoms with van der Waals surface area (Å²) in [7, 11) is 1.51. The number of nitrogens with zero attached hydrogens (tertiary/aromatic N) is 1. The maximum atomic E-state index is 6.09. The third-order valence-electron chi connectivity index (χ3n) is 4.30. The molecule has 0 aromatic heterocycles. The number of allylic oxidation sites excluding steroid dienone is 1. The molecule has 178 valence electrons. The molecule has 0 aliphatic heterocycles. The lowest BCUT2D eigenvalue weighted by molar-refractivity contribution is 0.215. The summed E-state index contributed by atoms with van der Waals surface area (Å²) in [5, 5.41) is 3.74. The monoisotopic (exact) mass is 451 g/mol. The van der Waals surface area contributed by atoms with Crippen LogP contribution < -0.4 is 14.2 Å². The first-order valence-electron chi connectivity index (χ1n) is 11.3. The van der Waals surface area contributed by atoms with Gasteiger partial charge >= 0.3 is 0 Å². The van der Waals surface area contributed by atoms with Crippen LogP contribution in [-0.2, 0) is 4.84 Å². The molecule has 0 fully saturated rings. The molecule has 0 saturated heterocycles. The van der Waals surface area contributed by atoms with Gasteiger partial charge in [0.1, 0.15) is 31.0 Å². The van der Waals surface area contributed by atoms with Gasteiger partial charge in [-0.3, -0.25) is 0 Å². The number of hydrogen-bond donors (Lipinski definition) is 0. The lowest BCUT2D eigenvalue weighted by Gasteiger charge is -2.16. The van der Waals surface area contributed by atoms with Crippen LogP contribution in [-0.4, -0.2) is 32.1 Å². The topological polar surface area (TPSA) is 49.3 Å². The number of benzene rings is 2. The fraction of sp³-hybridized carbons (Fsp3) is 0.393. The molecule has 2 rings (SSSR count). The molecule has 0 radical (unpaired) electrons. The minimum atomic E-state index is -0.272. The summed E-state index contributed by atoms with van der Waals surface area (Å²) in [5.41, 5.74) is 2.97. The maximum absolute atomic E-state index is 6.09. The number of ether oxygens (including phenoxy) is 3. The standard InChI is InChI=1S/C26H31NO4.C2H6/c1-7-8-15-29-25-16-19(2)26(20(3)17-25)31-22(5)10-9-21(4)30-24-13-11-23(12-14-24)18-27-28-6;1-2/h7-8,11-14,16-18,21-22H,15H2,1-6H3;1-2H3/b8-7+,27-18-;. The Morgan fingerprint density at radius 3 is 2.03 bits per heavy atom. The number of aryl methyl sites for hydroxylation is 2. The van der Waals surface area contributed by atoms with Gasteiger partial charge in [0.25, 0.3) is 0 Å². The van der Waals surface area contributed by atoms with E-state index in [2.05, 4.69) is 21.8 Å². The Balaban J connectivity index is 0.00000265. The predicted molar refractivity (Wildman–Crippen MR) is 137 cm³/mol. The van der Waals surface area contributed by atoms with Crippen LogP contribution in [0.25, 0.3) is 0 Å². The predicted octanol–water partition coefficient (Wildman–Crippen LogP) is 6.50. The highest BCUT2D eigenvalue weighted by atomic mass is 16.6. The van der Waals surface area contributed by atoms with Gasteiger partial charge in [0.15, 0.2) is 12.2 Å². The zero-order valence-corrected chi connectivity index (χ0v) is 21.1. The average molecular weight is 452 g/mol. The van der Waals surface area contributed by atoms with E-state index in [1.54, 1.807) is 6.21 Å². The molecule has 2 aromatic carbocycles. The first-order chi connectivity index (χ1) is 15.9. The minimum absolute atomic E-state index is 0.269. The van der Waals surface area contributed by atoms with E-state index in [9.17, 15) is 0 Å². The first kappa shape index (κ1) is 27.6. The SMILES string of the molecule is C/C=C/COc1cc(C)c(OC(C)C#CC(C)Oc2ccc(/C=N\OC)cc2)c(C)c1.CC. The van der Waals surface area contributed by atoms with Crippen molar-refractivity contribution in [3.63, 3.8) is 0 Å². The molecule has 0 aliphatic rings. The van der Waals surface area contributed by atoms with Crippen molar-refractivity contribution >= 4 is 6.21 Å². The highest BCUT2D eigenvalue weighted by Gasteiger charge is 2.10. The van der Waals surface area contributed by atoms with E-state index >= 15 is 0 Å². The Kier molecular flexibility index (Phi) is 12.9. The van der Waals surface area contributed by atoms with Crippen molar-refractivity contribution in [2.24, 2.45) is 5.16 Å². The molecule has 0 spiro atoms. The zero-order valence-electron chi connectivity index (χ0n) is 21.1. The summed E-state index contributed by atoms with van der Waals surface area (Å²) in [6.07, 6.45) is 5.03. The largest absolute Gasteiger partial charge is 0.490 e. The molecule has 0 amide bonds. The molecule has 0 N–H and O–H groups in total. The van der Waals surface area contributed by atoms with E-state index in [0.29, 0.717) is 6.61 Å². The van der Waals surface area contributed by atoms with E-state index in [1.807, 2.05) is 97.0 Å². The molecule has 5 nitrogen and oxygen atoms in total. The smallest absolute Gasteiger partial charge is 0.156 e. The average Bonchev–Trinajstić information content (AvgIpc) is 2.81. The molecular formula is C28H37NO4. The van der Waals surface area contributed by atoms with Gasteiger partial charge in [0, 0.05) is 0 Å². The Labute approximate surface area is 199 Å². The minimum Gasteiger partial charge on any atom is -0.490 e. The zero-order chi connectivity index (χ0) is 24.6. The lowest BCUT2D eigenvalue weighted by Crippen LogP contribution is -2.14. The summed E-state index contributed by atoms with van der Waals surface area (Å²) < 4.78 is 17.7. The van der Waals surface area contributed by atoms with Crippen LogP contribution in [0, 0.1) is 25.7 Å². The fourth-order valence-corrected chi connectivity index (χ4v) is 2.84. The molecule has 0 saturated carbocycles. The molecule has 2 atom stereocenters. The van der Waals surface area contributed by atoms with Crippen LogP contribution in [0.3, 0.4) is 0 Å². The summed E-state index contributed by atoms with van der Waals surface area (Å²) in [6, 6.07) is 11.5. The summed E-state index contributed by atoms with van der Waals surface area (Å²) in [4.78, 5) is 4.68. The van der Waals surface area contributed by atoms with Gasteiger partial charge in [-0.2, -0.15) is 0 Å². The molecule has 33 heavy (non-hydrogen) atoms. The van der Waals surface area contributed by atoms with Gasteiger partial charge in [-0.05, 0) is 87.7 Å². The van der Waals surface area contributed by atoms with Crippen molar-refractivity contribution < 1.29 is 19.0 Å². The number of rotatable bonds is 9. The van der Waals surface area contributed by atoms with Gasteiger partial charge in [-0.25, -0.2) is 0 Å². The summed E-state index contributed by atoms with van der Waals surface area (Å²) in [5.74, 6) is 8.64. The van der Waals surface area contributed by atoms with Gasteiger partial charge in [0.2, 0.25) is 0 Å². The van der Waals surface area contributed by atoms with Gasteiger partial charge in [-0.15, -0.1) is 0 Å². The van der Waals surface area contributed by atoms with E-state index in [0.717, 1.165) is 33.9 Å². The first-order valence-corrected chi connectivity index (χ1v) is 11.3. The molecule has 2 aromatic rings. The van der Waals surface area contributed by atoms with Gasteiger partial charge in [-0.1, -0.05) is 43.0 Å². The van der Waals surface area contributed by atoms with Gasteiger partial charge in [0.05, 0.1) is 6.21 Å². The summed E-state index contributed by atoms with van der Waals surface area (Å²) in [6.45, 7) is 14.4.